The molecule has 0 fully saturated rings. The molecule has 38 heavy (non-hydrogen) atoms. The fraction of sp³-hybridized carbons (Fsp3) is 0.310. The summed E-state index contributed by atoms with van der Waals surface area (Å²) in [5, 5.41) is 3.28. The molecule has 2 amide bonds. The van der Waals surface area contributed by atoms with Crippen LogP contribution in [0.4, 0.5) is 5.69 Å². The van der Waals surface area contributed by atoms with Crippen LogP contribution in [0.5, 0.6) is 0 Å². The molecule has 3 aromatic carbocycles. The molecule has 0 spiro atoms. The normalized spacial score (nSPS) is 12.0. The van der Waals surface area contributed by atoms with E-state index in [0.29, 0.717) is 17.3 Å². The SMILES string of the molecule is CCCNC(=O)[C@@H](C)N(Cc1ccccc1C)C(=O)CN(c1ccc(Cl)cc1)S(=O)(=O)c1ccc(C)cc1. The Morgan fingerprint density at radius 2 is 1.58 bits per heavy atom. The summed E-state index contributed by atoms with van der Waals surface area (Å²) in [5.41, 5.74) is 3.04. The summed E-state index contributed by atoms with van der Waals surface area (Å²) in [6.07, 6.45) is 0.753. The summed E-state index contributed by atoms with van der Waals surface area (Å²) >= 11 is 6.06. The van der Waals surface area contributed by atoms with E-state index in [1.54, 1.807) is 43.3 Å². The molecule has 0 heterocycles. The second kappa shape index (κ2) is 12.9. The van der Waals surface area contributed by atoms with E-state index in [1.165, 1.54) is 17.0 Å². The van der Waals surface area contributed by atoms with Crippen molar-refractivity contribution in [3.8, 4) is 0 Å². The summed E-state index contributed by atoms with van der Waals surface area (Å²) in [5.74, 6) is -0.800. The maximum Gasteiger partial charge on any atom is 0.264 e. The maximum atomic E-state index is 13.9. The first-order chi connectivity index (χ1) is 18.0. The first-order valence-corrected chi connectivity index (χ1v) is 14.3. The Hall–Kier alpha value is -3.36. The number of carbonyl (C=O) groups excluding carboxylic acids is 2. The van der Waals surface area contributed by atoms with E-state index in [2.05, 4.69) is 5.32 Å². The Kier molecular flexibility index (Phi) is 9.94. The van der Waals surface area contributed by atoms with Gasteiger partial charge in [0.25, 0.3) is 10.0 Å². The number of anilines is 1. The van der Waals surface area contributed by atoms with Crippen LogP contribution in [0.1, 0.15) is 37.0 Å². The number of halogens is 1. The van der Waals surface area contributed by atoms with Gasteiger partial charge in [-0.05, 0) is 74.7 Å². The van der Waals surface area contributed by atoms with Gasteiger partial charge in [-0.25, -0.2) is 8.42 Å². The van der Waals surface area contributed by atoms with Gasteiger partial charge in [-0.2, -0.15) is 0 Å². The van der Waals surface area contributed by atoms with Crippen molar-refractivity contribution in [1.82, 2.24) is 10.2 Å². The fourth-order valence-electron chi connectivity index (χ4n) is 3.92. The zero-order valence-electron chi connectivity index (χ0n) is 22.1. The van der Waals surface area contributed by atoms with Gasteiger partial charge in [-0.1, -0.05) is 60.5 Å². The molecule has 0 saturated heterocycles. The molecule has 0 aliphatic heterocycles. The van der Waals surface area contributed by atoms with Crippen LogP contribution in [0, 0.1) is 13.8 Å². The van der Waals surface area contributed by atoms with E-state index in [9.17, 15) is 18.0 Å². The molecule has 202 valence electrons. The van der Waals surface area contributed by atoms with Crippen molar-refractivity contribution >= 4 is 39.1 Å². The van der Waals surface area contributed by atoms with Gasteiger partial charge in [0.1, 0.15) is 12.6 Å². The maximum absolute atomic E-state index is 13.9. The molecule has 9 heteroatoms. The third-order valence-corrected chi connectivity index (χ3v) is 8.36. The first-order valence-electron chi connectivity index (χ1n) is 12.5. The van der Waals surface area contributed by atoms with Crippen molar-refractivity contribution < 1.29 is 18.0 Å². The molecule has 0 aromatic heterocycles. The topological polar surface area (TPSA) is 86.8 Å². The monoisotopic (exact) mass is 555 g/mol. The minimum Gasteiger partial charge on any atom is -0.354 e. The number of nitrogens with zero attached hydrogens (tertiary/aromatic N) is 2. The van der Waals surface area contributed by atoms with E-state index in [1.807, 2.05) is 45.0 Å². The molecule has 1 atom stereocenters. The fourth-order valence-corrected chi connectivity index (χ4v) is 5.46. The summed E-state index contributed by atoms with van der Waals surface area (Å²) in [4.78, 5) is 28.3. The van der Waals surface area contributed by atoms with Gasteiger partial charge in [-0.3, -0.25) is 13.9 Å². The molecule has 0 aliphatic carbocycles. The van der Waals surface area contributed by atoms with Gasteiger partial charge >= 0.3 is 0 Å². The molecule has 0 radical (unpaired) electrons. The van der Waals surface area contributed by atoms with E-state index in [-0.39, 0.29) is 17.3 Å². The van der Waals surface area contributed by atoms with Gasteiger partial charge in [0, 0.05) is 18.1 Å². The number of benzene rings is 3. The molecule has 0 unspecified atom stereocenters. The average molecular weight is 556 g/mol. The van der Waals surface area contributed by atoms with Crippen LogP contribution in [0.3, 0.4) is 0 Å². The number of nitrogens with one attached hydrogen (secondary N) is 1. The number of aryl methyl sites for hydroxylation is 2. The lowest BCUT2D eigenvalue weighted by Crippen LogP contribution is -2.51. The van der Waals surface area contributed by atoms with Gasteiger partial charge in [0.15, 0.2) is 0 Å². The highest BCUT2D eigenvalue weighted by molar-refractivity contribution is 7.92. The van der Waals surface area contributed by atoms with Gasteiger partial charge < -0.3 is 10.2 Å². The zero-order valence-corrected chi connectivity index (χ0v) is 23.7. The van der Waals surface area contributed by atoms with E-state index in [0.717, 1.165) is 27.4 Å². The van der Waals surface area contributed by atoms with Crippen LogP contribution in [-0.2, 0) is 26.2 Å². The minimum absolute atomic E-state index is 0.0602. The molecule has 1 N–H and O–H groups in total. The number of rotatable bonds is 11. The van der Waals surface area contributed by atoms with Crippen LogP contribution in [0.2, 0.25) is 5.02 Å². The summed E-state index contributed by atoms with van der Waals surface area (Å²) in [6, 6.07) is 19.5. The Morgan fingerprint density at radius 3 is 2.18 bits per heavy atom. The largest absolute Gasteiger partial charge is 0.354 e. The van der Waals surface area contributed by atoms with Crippen LogP contribution >= 0.6 is 11.6 Å². The predicted molar refractivity (Wildman–Crippen MR) is 152 cm³/mol. The summed E-state index contributed by atoms with van der Waals surface area (Å²) in [6.45, 7) is 7.55. The second-order valence-corrected chi connectivity index (χ2v) is 11.5. The third kappa shape index (κ3) is 7.14. The molecule has 0 saturated carbocycles. The highest BCUT2D eigenvalue weighted by atomic mass is 35.5. The van der Waals surface area contributed by atoms with Gasteiger partial charge in [0.2, 0.25) is 11.8 Å². The molecular weight excluding hydrogens is 522 g/mol. The van der Waals surface area contributed by atoms with E-state index >= 15 is 0 Å². The van der Waals surface area contributed by atoms with E-state index < -0.39 is 28.5 Å². The number of amides is 2. The quantitative estimate of drug-likeness (QED) is 0.357. The Morgan fingerprint density at radius 1 is 0.947 bits per heavy atom. The first kappa shape index (κ1) is 29.2. The minimum atomic E-state index is -4.11. The zero-order chi connectivity index (χ0) is 27.9. The van der Waals surface area contributed by atoms with Crippen LogP contribution in [-0.4, -0.2) is 44.3 Å². The highest BCUT2D eigenvalue weighted by Gasteiger charge is 2.32. The van der Waals surface area contributed by atoms with Crippen molar-refractivity contribution in [3.63, 3.8) is 0 Å². The van der Waals surface area contributed by atoms with E-state index in [4.69, 9.17) is 11.6 Å². The molecule has 3 rings (SSSR count). The van der Waals surface area contributed by atoms with Gasteiger partial charge in [-0.15, -0.1) is 0 Å². The average Bonchev–Trinajstić information content (AvgIpc) is 2.90. The van der Waals surface area contributed by atoms with Crippen molar-refractivity contribution in [2.75, 3.05) is 17.4 Å². The van der Waals surface area contributed by atoms with Crippen molar-refractivity contribution in [3.05, 3.63) is 94.5 Å². The molecule has 0 bridgehead atoms. The number of hydrogen-bond acceptors (Lipinski definition) is 4. The lowest BCUT2D eigenvalue weighted by atomic mass is 10.1. The Balaban J connectivity index is 2.02. The van der Waals surface area contributed by atoms with Crippen LogP contribution in [0.15, 0.2) is 77.7 Å². The Labute approximate surface area is 230 Å². The third-order valence-electron chi connectivity index (χ3n) is 6.32. The standard InChI is InChI=1S/C29H34ClN3O4S/c1-5-18-31-29(35)23(4)32(19-24-9-7-6-8-22(24)3)28(34)20-33(26-14-12-25(30)13-15-26)38(36,37)27-16-10-21(2)11-17-27/h6-17,23H,5,18-20H2,1-4H3,(H,31,35)/t23-/m1/s1. The van der Waals surface area contributed by atoms with Crippen LogP contribution < -0.4 is 9.62 Å². The predicted octanol–water partition coefficient (Wildman–Crippen LogP) is 5.10. The molecule has 0 aliphatic rings. The summed E-state index contributed by atoms with van der Waals surface area (Å²) < 4.78 is 28.6. The summed E-state index contributed by atoms with van der Waals surface area (Å²) in [7, 11) is -4.11. The second-order valence-electron chi connectivity index (χ2n) is 9.22. The molecular formula is C29H34ClN3O4S. The van der Waals surface area contributed by atoms with Crippen molar-refractivity contribution in [2.45, 2.75) is 51.6 Å². The van der Waals surface area contributed by atoms with Crippen molar-refractivity contribution in [1.29, 1.82) is 0 Å². The highest BCUT2D eigenvalue weighted by Crippen LogP contribution is 2.26. The smallest absolute Gasteiger partial charge is 0.264 e. The lowest BCUT2D eigenvalue weighted by molar-refractivity contribution is -0.139. The molecule has 3 aromatic rings. The molecule has 7 nitrogen and oxygen atoms in total. The number of sulfonamides is 1. The Bertz CT molecular complexity index is 1360. The number of hydrogen-bond donors (Lipinski definition) is 1. The van der Waals surface area contributed by atoms with Gasteiger partial charge in [0.05, 0.1) is 10.6 Å². The number of carbonyl (C=O) groups is 2. The van der Waals surface area contributed by atoms with Crippen LogP contribution in [0.25, 0.3) is 0 Å². The lowest BCUT2D eigenvalue weighted by Gasteiger charge is -2.32. The van der Waals surface area contributed by atoms with Crippen molar-refractivity contribution in [2.24, 2.45) is 0 Å².